The Morgan fingerprint density at radius 3 is 2.74 bits per heavy atom. The lowest BCUT2D eigenvalue weighted by molar-refractivity contribution is 0.120. The summed E-state index contributed by atoms with van der Waals surface area (Å²) in [7, 11) is 0. The summed E-state index contributed by atoms with van der Waals surface area (Å²) in [5, 5.41) is 0. The number of halogens is 1. The van der Waals surface area contributed by atoms with Crippen LogP contribution in [-0.4, -0.2) is 34.9 Å². The molecule has 5 rings (SSSR count). The molecule has 0 bridgehead atoms. The van der Waals surface area contributed by atoms with E-state index < -0.39 is 11.2 Å². The number of rotatable bonds is 4. The number of hydrogen-bond donors (Lipinski definition) is 1. The molecule has 2 N–H and O–H groups in total. The first-order chi connectivity index (χ1) is 14.8. The predicted octanol–water partition coefficient (Wildman–Crippen LogP) is 3.96. The van der Waals surface area contributed by atoms with Crippen LogP contribution in [-0.2, 0) is 10.3 Å². The van der Waals surface area contributed by atoms with Crippen molar-refractivity contribution in [1.82, 2.24) is 9.97 Å². The summed E-state index contributed by atoms with van der Waals surface area (Å²) in [6, 6.07) is 11.5. The number of aromatic nitrogens is 2. The van der Waals surface area contributed by atoms with Crippen molar-refractivity contribution in [2.45, 2.75) is 25.1 Å². The lowest BCUT2D eigenvalue weighted by Gasteiger charge is -2.33. The van der Waals surface area contributed by atoms with Gasteiger partial charge in [-0.2, -0.15) is 0 Å². The standard InChI is InChI=1S/C23H21FN4O3/c1-22(2,24)12-29-16-9-18-20(27-11-16)31-19-6-5-14(15-4-3-7-26-10-15)8-17(19)23(18)13-30-21(25)28-23/h3-11H,12-13H2,1-2H3,(H2,25,28)/t23-/m0/s1. The smallest absolute Gasteiger partial charge is 0.283 e. The van der Waals surface area contributed by atoms with Crippen molar-refractivity contribution in [3.8, 4) is 28.5 Å². The van der Waals surface area contributed by atoms with Crippen LogP contribution in [0, 0.1) is 0 Å². The number of fused-ring (bicyclic) bond motifs is 4. The van der Waals surface area contributed by atoms with Gasteiger partial charge in [0.15, 0.2) is 5.54 Å². The van der Waals surface area contributed by atoms with Crippen LogP contribution in [0.2, 0.25) is 0 Å². The normalized spacial score (nSPS) is 19.1. The third-order valence-corrected chi connectivity index (χ3v) is 5.21. The highest BCUT2D eigenvalue weighted by atomic mass is 19.1. The third kappa shape index (κ3) is 3.43. The van der Waals surface area contributed by atoms with E-state index >= 15 is 0 Å². The predicted molar refractivity (Wildman–Crippen MR) is 113 cm³/mol. The molecule has 0 amide bonds. The van der Waals surface area contributed by atoms with Crippen molar-refractivity contribution in [3.05, 3.63) is 66.1 Å². The van der Waals surface area contributed by atoms with E-state index in [1.54, 1.807) is 18.5 Å². The van der Waals surface area contributed by atoms with Crippen molar-refractivity contribution in [2.24, 2.45) is 10.7 Å². The van der Waals surface area contributed by atoms with Gasteiger partial charge in [0.25, 0.3) is 6.02 Å². The summed E-state index contributed by atoms with van der Waals surface area (Å²) in [6.45, 7) is 2.99. The Morgan fingerprint density at radius 1 is 1.16 bits per heavy atom. The number of ether oxygens (including phenoxy) is 3. The molecule has 0 radical (unpaired) electrons. The number of amidine groups is 1. The van der Waals surface area contributed by atoms with E-state index in [2.05, 4.69) is 15.0 Å². The molecular formula is C23H21FN4O3. The Bertz CT molecular complexity index is 1180. The van der Waals surface area contributed by atoms with Crippen LogP contribution in [0.3, 0.4) is 0 Å². The molecule has 1 spiro atoms. The highest BCUT2D eigenvalue weighted by Crippen LogP contribution is 2.51. The summed E-state index contributed by atoms with van der Waals surface area (Å²) < 4.78 is 31.2. The van der Waals surface area contributed by atoms with E-state index in [4.69, 9.17) is 19.9 Å². The lowest BCUT2D eigenvalue weighted by atomic mass is 9.81. The van der Waals surface area contributed by atoms with Gasteiger partial charge in [-0.3, -0.25) is 4.98 Å². The monoisotopic (exact) mass is 420 g/mol. The zero-order valence-electron chi connectivity index (χ0n) is 17.1. The van der Waals surface area contributed by atoms with Crippen molar-refractivity contribution in [1.29, 1.82) is 0 Å². The molecule has 31 heavy (non-hydrogen) atoms. The van der Waals surface area contributed by atoms with Crippen LogP contribution >= 0.6 is 0 Å². The molecule has 2 aliphatic heterocycles. The van der Waals surface area contributed by atoms with Crippen molar-refractivity contribution in [3.63, 3.8) is 0 Å². The van der Waals surface area contributed by atoms with Crippen molar-refractivity contribution < 1.29 is 18.6 Å². The van der Waals surface area contributed by atoms with Gasteiger partial charge in [-0.25, -0.2) is 14.4 Å². The average molecular weight is 420 g/mol. The minimum atomic E-state index is -1.48. The molecule has 0 saturated carbocycles. The summed E-state index contributed by atoms with van der Waals surface area (Å²) in [6.07, 6.45) is 5.03. The molecule has 7 nitrogen and oxygen atoms in total. The Kier molecular flexibility index (Phi) is 4.32. The van der Waals surface area contributed by atoms with Gasteiger partial charge >= 0.3 is 0 Å². The molecule has 0 fully saturated rings. The molecule has 8 heteroatoms. The zero-order valence-corrected chi connectivity index (χ0v) is 17.1. The first kappa shape index (κ1) is 19.3. The van der Waals surface area contributed by atoms with Gasteiger partial charge in [-0.1, -0.05) is 12.1 Å². The van der Waals surface area contributed by atoms with E-state index in [0.29, 0.717) is 22.9 Å². The SMILES string of the molecule is CC(C)(F)COc1cnc2c(c1)[C@]1(COC(N)=N1)c1cc(-c3cccnc3)ccc1O2. The quantitative estimate of drug-likeness (QED) is 0.687. The van der Waals surface area contributed by atoms with Crippen LogP contribution < -0.4 is 15.2 Å². The van der Waals surface area contributed by atoms with E-state index in [-0.39, 0.29) is 19.2 Å². The average Bonchev–Trinajstić information content (AvgIpc) is 3.15. The first-order valence-electron chi connectivity index (χ1n) is 9.87. The molecule has 1 aromatic carbocycles. The minimum Gasteiger partial charge on any atom is -0.489 e. The second-order valence-electron chi connectivity index (χ2n) is 8.18. The molecule has 0 aliphatic carbocycles. The van der Waals surface area contributed by atoms with Gasteiger partial charge in [0.05, 0.1) is 11.8 Å². The number of benzene rings is 1. The van der Waals surface area contributed by atoms with Gasteiger partial charge < -0.3 is 19.9 Å². The van der Waals surface area contributed by atoms with E-state index in [0.717, 1.165) is 16.7 Å². The van der Waals surface area contributed by atoms with Crippen LogP contribution in [0.5, 0.6) is 17.4 Å². The molecule has 0 unspecified atom stereocenters. The third-order valence-electron chi connectivity index (χ3n) is 5.21. The summed E-state index contributed by atoms with van der Waals surface area (Å²) >= 11 is 0. The Labute approximate surface area is 178 Å². The number of hydrogen-bond acceptors (Lipinski definition) is 7. The Balaban J connectivity index is 1.63. The topological polar surface area (TPSA) is 91.9 Å². The summed E-state index contributed by atoms with van der Waals surface area (Å²) in [5.74, 6) is 1.42. The van der Waals surface area contributed by atoms with Gasteiger partial charge in [-0.05, 0) is 43.7 Å². The van der Waals surface area contributed by atoms with E-state index in [1.165, 1.54) is 20.0 Å². The van der Waals surface area contributed by atoms with Crippen molar-refractivity contribution in [2.75, 3.05) is 13.2 Å². The lowest BCUT2D eigenvalue weighted by Crippen LogP contribution is -2.31. The highest BCUT2D eigenvalue weighted by molar-refractivity contribution is 5.77. The number of alkyl halides is 1. The van der Waals surface area contributed by atoms with E-state index in [1.807, 2.05) is 30.3 Å². The highest BCUT2D eigenvalue weighted by Gasteiger charge is 2.48. The Hall–Kier alpha value is -3.68. The fourth-order valence-electron chi connectivity index (χ4n) is 3.76. The Morgan fingerprint density at radius 2 is 2.03 bits per heavy atom. The van der Waals surface area contributed by atoms with Gasteiger partial charge in [0.2, 0.25) is 5.88 Å². The molecule has 1 atom stereocenters. The van der Waals surface area contributed by atoms with E-state index in [9.17, 15) is 4.39 Å². The maximum atomic E-state index is 13.9. The van der Waals surface area contributed by atoms with Crippen molar-refractivity contribution >= 4 is 6.02 Å². The summed E-state index contributed by atoms with van der Waals surface area (Å²) in [4.78, 5) is 13.3. The van der Waals surface area contributed by atoms with Gasteiger partial charge in [0, 0.05) is 23.5 Å². The molecule has 158 valence electrons. The molecule has 3 aromatic rings. The number of nitrogens with two attached hydrogens (primary N) is 1. The second kappa shape index (κ2) is 6.94. The van der Waals surface area contributed by atoms with Crippen LogP contribution in [0.4, 0.5) is 4.39 Å². The van der Waals surface area contributed by atoms with Crippen LogP contribution in [0.15, 0.2) is 60.0 Å². The first-order valence-corrected chi connectivity index (χ1v) is 9.87. The van der Waals surface area contributed by atoms with Gasteiger partial charge in [-0.15, -0.1) is 0 Å². The minimum absolute atomic E-state index is 0.0850. The second-order valence-corrected chi connectivity index (χ2v) is 8.18. The number of nitrogens with zero attached hydrogens (tertiary/aromatic N) is 3. The van der Waals surface area contributed by atoms with Crippen LogP contribution in [0.1, 0.15) is 25.0 Å². The fourth-order valence-corrected chi connectivity index (χ4v) is 3.76. The largest absolute Gasteiger partial charge is 0.489 e. The number of aliphatic imine (C=N–C) groups is 1. The maximum Gasteiger partial charge on any atom is 0.283 e. The van der Waals surface area contributed by atoms with Gasteiger partial charge in [0.1, 0.15) is 30.4 Å². The maximum absolute atomic E-state index is 13.9. The number of pyridine rings is 2. The fraction of sp³-hybridized carbons (Fsp3) is 0.261. The summed E-state index contributed by atoms with van der Waals surface area (Å²) in [5.41, 5.74) is 6.88. The zero-order chi connectivity index (χ0) is 21.6. The molecular weight excluding hydrogens is 399 g/mol. The molecule has 0 saturated heterocycles. The molecule has 4 heterocycles. The van der Waals surface area contributed by atoms with Crippen LogP contribution in [0.25, 0.3) is 11.1 Å². The molecule has 2 aromatic heterocycles. The molecule has 2 aliphatic rings.